The minimum atomic E-state index is 0.242. The van der Waals surface area contributed by atoms with Gasteiger partial charge in [0.15, 0.2) is 0 Å². The number of hydrogen-bond acceptors (Lipinski definition) is 4. The van der Waals surface area contributed by atoms with Crippen molar-refractivity contribution >= 4 is 0 Å². The van der Waals surface area contributed by atoms with Crippen LogP contribution in [0.1, 0.15) is 30.0 Å². The maximum Gasteiger partial charge on any atom is 0.0713 e. The number of nitrogens with two attached hydrogens (primary N) is 1. The summed E-state index contributed by atoms with van der Waals surface area (Å²) in [4.78, 5) is 2.28. The number of nitrogens with zero attached hydrogens (tertiary/aromatic N) is 1. The molecule has 2 rings (SSSR count). The fourth-order valence-electron chi connectivity index (χ4n) is 2.47. The summed E-state index contributed by atoms with van der Waals surface area (Å²) in [6, 6.07) is 8.75. The molecule has 1 unspecified atom stereocenters. The minimum absolute atomic E-state index is 0.242. The van der Waals surface area contributed by atoms with Crippen LogP contribution in [0.25, 0.3) is 0 Å². The minimum Gasteiger partial charge on any atom is -0.380 e. The first kappa shape index (κ1) is 16.4. The lowest BCUT2D eigenvalue weighted by Crippen LogP contribution is -2.33. The highest BCUT2D eigenvalue weighted by molar-refractivity contribution is 5.25. The van der Waals surface area contributed by atoms with Gasteiger partial charge in [0, 0.05) is 32.8 Å². The maximum atomic E-state index is 5.96. The van der Waals surface area contributed by atoms with Gasteiger partial charge in [0.05, 0.1) is 13.2 Å². The highest BCUT2D eigenvalue weighted by Gasteiger charge is 2.21. The Morgan fingerprint density at radius 3 is 2.57 bits per heavy atom. The number of ether oxygens (including phenoxy) is 2. The topological polar surface area (TPSA) is 47.7 Å². The zero-order valence-electron chi connectivity index (χ0n) is 13.3. The Labute approximate surface area is 128 Å². The van der Waals surface area contributed by atoms with Gasteiger partial charge in [-0.2, -0.15) is 0 Å². The average Bonchev–Trinajstić information content (AvgIpc) is 3.31. The number of methoxy groups -OCH3 is 1. The molecule has 2 N–H and O–H groups in total. The van der Waals surface area contributed by atoms with Crippen LogP contribution in [0.5, 0.6) is 0 Å². The molecule has 0 aliphatic heterocycles. The summed E-state index contributed by atoms with van der Waals surface area (Å²) in [5.74, 6) is 0.828. The normalized spacial score (nSPS) is 16.4. The molecule has 0 saturated heterocycles. The number of likely N-dealkylation sites (N-methyl/N-ethyl adjacent to an activating group) is 1. The van der Waals surface area contributed by atoms with Gasteiger partial charge in [-0.25, -0.2) is 0 Å². The van der Waals surface area contributed by atoms with E-state index in [0.717, 1.165) is 25.7 Å². The predicted octanol–water partition coefficient (Wildman–Crippen LogP) is 2.19. The molecule has 0 spiro atoms. The van der Waals surface area contributed by atoms with Crippen molar-refractivity contribution in [3.8, 4) is 0 Å². The van der Waals surface area contributed by atoms with Crippen LogP contribution in [0, 0.1) is 5.92 Å². The molecule has 4 heteroatoms. The monoisotopic (exact) mass is 292 g/mol. The average molecular weight is 292 g/mol. The highest BCUT2D eigenvalue weighted by Crippen LogP contribution is 2.28. The third-order valence-electron chi connectivity index (χ3n) is 4.07. The largest absolute Gasteiger partial charge is 0.380 e. The van der Waals surface area contributed by atoms with Crippen LogP contribution in [-0.4, -0.2) is 45.4 Å². The molecule has 118 valence electrons. The lowest BCUT2D eigenvalue weighted by atomic mass is 10.0. The Hall–Kier alpha value is -0.940. The number of hydrogen-bond donors (Lipinski definition) is 1. The fourth-order valence-corrected chi connectivity index (χ4v) is 2.47. The van der Waals surface area contributed by atoms with Crippen LogP contribution >= 0.6 is 0 Å². The van der Waals surface area contributed by atoms with Crippen LogP contribution < -0.4 is 5.73 Å². The predicted molar refractivity (Wildman–Crippen MR) is 85.1 cm³/mol. The molecule has 1 aromatic carbocycles. The standard InChI is InChI=1S/C17H28N2O2/c1-19(9-10-21-13-15-3-4-15)17(11-18)16-7-5-14(6-8-16)12-20-2/h5-8,15,17H,3-4,9-13,18H2,1-2H3. The number of benzene rings is 1. The van der Waals surface area contributed by atoms with Crippen LogP contribution in [-0.2, 0) is 16.1 Å². The molecule has 1 fully saturated rings. The van der Waals surface area contributed by atoms with Crippen molar-refractivity contribution in [1.29, 1.82) is 0 Å². The van der Waals surface area contributed by atoms with E-state index in [0.29, 0.717) is 13.2 Å². The molecule has 1 atom stereocenters. The van der Waals surface area contributed by atoms with Gasteiger partial charge in [-0.05, 0) is 36.9 Å². The Morgan fingerprint density at radius 1 is 1.29 bits per heavy atom. The summed E-state index contributed by atoms with van der Waals surface area (Å²) in [6.45, 7) is 3.88. The Balaban J connectivity index is 1.81. The van der Waals surface area contributed by atoms with Gasteiger partial charge in [0.2, 0.25) is 0 Å². The molecule has 0 aromatic heterocycles. The Kier molecular flexibility index (Phi) is 6.64. The van der Waals surface area contributed by atoms with Crippen molar-refractivity contribution in [3.63, 3.8) is 0 Å². The van der Waals surface area contributed by atoms with Crippen molar-refractivity contribution in [1.82, 2.24) is 4.90 Å². The third-order valence-corrected chi connectivity index (χ3v) is 4.07. The van der Waals surface area contributed by atoms with Crippen LogP contribution in [0.4, 0.5) is 0 Å². The molecule has 1 aromatic rings. The summed E-state index contributed by atoms with van der Waals surface area (Å²) in [5, 5.41) is 0. The summed E-state index contributed by atoms with van der Waals surface area (Å²) >= 11 is 0. The zero-order chi connectivity index (χ0) is 15.1. The molecule has 0 heterocycles. The maximum absolute atomic E-state index is 5.96. The molecule has 0 amide bonds. The van der Waals surface area contributed by atoms with Crippen LogP contribution in [0.2, 0.25) is 0 Å². The van der Waals surface area contributed by atoms with E-state index >= 15 is 0 Å². The Bertz CT molecular complexity index is 404. The first-order valence-corrected chi connectivity index (χ1v) is 7.80. The second kappa shape index (κ2) is 8.49. The van der Waals surface area contributed by atoms with Gasteiger partial charge < -0.3 is 15.2 Å². The van der Waals surface area contributed by atoms with Gasteiger partial charge in [0.1, 0.15) is 0 Å². The third kappa shape index (κ3) is 5.40. The van der Waals surface area contributed by atoms with Gasteiger partial charge in [-0.1, -0.05) is 24.3 Å². The van der Waals surface area contributed by atoms with Gasteiger partial charge in [-0.3, -0.25) is 4.90 Å². The van der Waals surface area contributed by atoms with Crippen LogP contribution in [0.3, 0.4) is 0 Å². The zero-order valence-corrected chi connectivity index (χ0v) is 13.3. The van der Waals surface area contributed by atoms with Gasteiger partial charge in [-0.15, -0.1) is 0 Å². The quantitative estimate of drug-likeness (QED) is 0.672. The lowest BCUT2D eigenvalue weighted by Gasteiger charge is -2.27. The van der Waals surface area contributed by atoms with E-state index in [4.69, 9.17) is 15.2 Å². The highest BCUT2D eigenvalue weighted by atomic mass is 16.5. The lowest BCUT2D eigenvalue weighted by molar-refractivity contribution is 0.0922. The molecule has 21 heavy (non-hydrogen) atoms. The van der Waals surface area contributed by atoms with Gasteiger partial charge in [0.25, 0.3) is 0 Å². The molecule has 0 radical (unpaired) electrons. The Morgan fingerprint density at radius 2 is 2.00 bits per heavy atom. The fraction of sp³-hybridized carbons (Fsp3) is 0.647. The van der Waals surface area contributed by atoms with E-state index < -0.39 is 0 Å². The van der Waals surface area contributed by atoms with Crippen LogP contribution in [0.15, 0.2) is 24.3 Å². The van der Waals surface area contributed by atoms with Crippen molar-refractivity contribution in [2.75, 3.05) is 40.5 Å². The summed E-state index contributed by atoms with van der Waals surface area (Å²) in [6.07, 6.45) is 2.68. The molecule has 0 bridgehead atoms. The van der Waals surface area contributed by atoms with E-state index in [1.54, 1.807) is 7.11 Å². The smallest absolute Gasteiger partial charge is 0.0713 e. The van der Waals surface area contributed by atoms with E-state index in [-0.39, 0.29) is 6.04 Å². The summed E-state index contributed by atoms with van der Waals surface area (Å²) in [7, 11) is 3.83. The van der Waals surface area contributed by atoms with Crippen molar-refractivity contribution in [3.05, 3.63) is 35.4 Å². The van der Waals surface area contributed by atoms with Crippen molar-refractivity contribution in [2.24, 2.45) is 11.7 Å². The van der Waals surface area contributed by atoms with Crippen molar-refractivity contribution in [2.45, 2.75) is 25.5 Å². The molecule has 1 saturated carbocycles. The molecule has 1 aliphatic carbocycles. The second-order valence-electron chi connectivity index (χ2n) is 5.92. The van der Waals surface area contributed by atoms with E-state index in [1.165, 1.54) is 24.0 Å². The first-order valence-electron chi connectivity index (χ1n) is 7.80. The van der Waals surface area contributed by atoms with E-state index in [9.17, 15) is 0 Å². The molecular weight excluding hydrogens is 264 g/mol. The second-order valence-corrected chi connectivity index (χ2v) is 5.92. The molecular formula is C17H28N2O2. The van der Waals surface area contributed by atoms with Crippen molar-refractivity contribution < 1.29 is 9.47 Å². The summed E-state index contributed by atoms with van der Waals surface area (Å²) < 4.78 is 10.9. The van der Waals surface area contributed by atoms with E-state index in [2.05, 4.69) is 36.2 Å². The first-order chi connectivity index (χ1) is 10.2. The SMILES string of the molecule is COCc1ccc(C(CN)N(C)CCOCC2CC2)cc1. The molecule has 1 aliphatic rings. The number of rotatable bonds is 10. The molecule has 4 nitrogen and oxygen atoms in total. The van der Waals surface area contributed by atoms with Gasteiger partial charge >= 0.3 is 0 Å². The summed E-state index contributed by atoms with van der Waals surface area (Å²) in [5.41, 5.74) is 8.40. The van der Waals surface area contributed by atoms with E-state index in [1.807, 2.05) is 0 Å².